The lowest BCUT2D eigenvalue weighted by Gasteiger charge is -2.08. The zero-order chi connectivity index (χ0) is 14.5. The average Bonchev–Trinajstić information content (AvgIpc) is 2.35. The van der Waals surface area contributed by atoms with Crippen LogP contribution in [0.25, 0.3) is 0 Å². The lowest BCUT2D eigenvalue weighted by atomic mass is 10.5. The van der Waals surface area contributed by atoms with Crippen molar-refractivity contribution in [3.8, 4) is 11.8 Å². The topological polar surface area (TPSA) is 128 Å². The summed E-state index contributed by atoms with van der Waals surface area (Å²) in [5.41, 5.74) is 0. The number of methoxy groups -OCH3 is 2. The number of carbonyl (C=O) groups is 1. The highest BCUT2D eigenvalue weighted by Crippen LogP contribution is 2.18. The minimum absolute atomic E-state index is 0.114. The van der Waals surface area contributed by atoms with E-state index in [0.29, 0.717) is 0 Å². The summed E-state index contributed by atoms with van der Waals surface area (Å²) < 4.78 is 34.9. The molecule has 1 aromatic rings. The highest BCUT2D eigenvalue weighted by molar-refractivity contribution is 7.92. The summed E-state index contributed by atoms with van der Waals surface area (Å²) in [6, 6.07) is 1.37. The van der Waals surface area contributed by atoms with Crippen LogP contribution in [0.3, 0.4) is 0 Å². The van der Waals surface area contributed by atoms with E-state index in [4.69, 9.17) is 14.6 Å². The lowest BCUT2D eigenvalue weighted by molar-refractivity contribution is -0.136. The Morgan fingerprint density at radius 3 is 2.26 bits per heavy atom. The van der Waals surface area contributed by atoms with Gasteiger partial charge in [0.25, 0.3) is 0 Å². The number of hydrogen-bond acceptors (Lipinski definition) is 7. The van der Waals surface area contributed by atoms with Crippen molar-refractivity contribution in [2.45, 2.75) is 6.42 Å². The van der Waals surface area contributed by atoms with Gasteiger partial charge in [-0.15, -0.1) is 0 Å². The molecule has 19 heavy (non-hydrogen) atoms. The molecular formula is C9H13N3O6S. The van der Waals surface area contributed by atoms with Gasteiger partial charge in [0.1, 0.15) is 0 Å². The Kier molecular flexibility index (Phi) is 4.87. The first kappa shape index (κ1) is 15.0. The van der Waals surface area contributed by atoms with E-state index in [2.05, 4.69) is 9.97 Å². The molecule has 0 amide bonds. The van der Waals surface area contributed by atoms with Gasteiger partial charge in [0.05, 0.1) is 32.5 Å². The Hall–Kier alpha value is -2.10. The maximum Gasteiger partial charge on any atom is 0.304 e. The van der Waals surface area contributed by atoms with Crippen LogP contribution in [-0.4, -0.2) is 49.4 Å². The highest BCUT2D eigenvalue weighted by Gasteiger charge is 2.16. The van der Waals surface area contributed by atoms with Gasteiger partial charge in [0.2, 0.25) is 27.7 Å². The molecule has 0 radical (unpaired) electrons. The number of sulfonamides is 1. The number of carboxylic acids is 1. The van der Waals surface area contributed by atoms with Crippen molar-refractivity contribution in [1.29, 1.82) is 0 Å². The van der Waals surface area contributed by atoms with Crippen LogP contribution in [0.4, 0.5) is 5.95 Å². The Labute approximate surface area is 109 Å². The molecule has 9 nitrogen and oxygen atoms in total. The van der Waals surface area contributed by atoms with Crippen LogP contribution in [0.2, 0.25) is 0 Å². The summed E-state index contributed by atoms with van der Waals surface area (Å²) in [7, 11) is -1.14. The summed E-state index contributed by atoms with van der Waals surface area (Å²) in [6.07, 6.45) is -0.517. The van der Waals surface area contributed by atoms with Crippen LogP contribution in [-0.2, 0) is 14.8 Å². The molecule has 0 aliphatic carbocycles. The Morgan fingerprint density at radius 1 is 1.32 bits per heavy atom. The first-order chi connectivity index (χ1) is 8.86. The van der Waals surface area contributed by atoms with Gasteiger partial charge in [-0.25, -0.2) is 8.42 Å². The van der Waals surface area contributed by atoms with Gasteiger partial charge < -0.3 is 14.6 Å². The van der Waals surface area contributed by atoms with Crippen molar-refractivity contribution in [2.24, 2.45) is 0 Å². The minimum atomic E-state index is -3.85. The SMILES string of the molecule is COc1cc(OC)nc(NS(=O)(=O)CCC(=O)O)n1. The summed E-state index contributed by atoms with van der Waals surface area (Å²) in [4.78, 5) is 17.9. The summed E-state index contributed by atoms with van der Waals surface area (Å²) in [5.74, 6) is -1.81. The third-order valence-corrected chi connectivity index (χ3v) is 3.16. The van der Waals surface area contributed by atoms with Gasteiger partial charge in [-0.3, -0.25) is 9.52 Å². The number of aromatic nitrogens is 2. The Morgan fingerprint density at radius 2 is 1.84 bits per heavy atom. The molecule has 0 bridgehead atoms. The van der Waals surface area contributed by atoms with Crippen molar-refractivity contribution in [2.75, 3.05) is 24.7 Å². The quantitative estimate of drug-likeness (QED) is 0.701. The van der Waals surface area contributed by atoms with Gasteiger partial charge in [-0.05, 0) is 0 Å². The van der Waals surface area contributed by atoms with Gasteiger partial charge >= 0.3 is 5.97 Å². The molecule has 0 aliphatic heterocycles. The predicted molar refractivity (Wildman–Crippen MR) is 64.8 cm³/mol. The molecule has 1 rings (SSSR count). The maximum absolute atomic E-state index is 11.6. The van der Waals surface area contributed by atoms with E-state index in [9.17, 15) is 13.2 Å². The molecule has 1 aromatic heterocycles. The van der Waals surface area contributed by atoms with E-state index in [0.717, 1.165) is 0 Å². The molecule has 0 unspecified atom stereocenters. The third-order valence-electron chi connectivity index (χ3n) is 1.93. The number of nitrogens with one attached hydrogen (secondary N) is 1. The van der Waals surface area contributed by atoms with Crippen LogP contribution in [0.5, 0.6) is 11.8 Å². The fourth-order valence-corrected chi connectivity index (χ4v) is 1.99. The van der Waals surface area contributed by atoms with Crippen LogP contribution in [0, 0.1) is 0 Å². The normalized spacial score (nSPS) is 10.8. The van der Waals surface area contributed by atoms with Gasteiger partial charge in [-0.1, -0.05) is 0 Å². The number of ether oxygens (including phenoxy) is 2. The number of aliphatic carboxylic acids is 1. The number of nitrogens with zero attached hydrogens (tertiary/aromatic N) is 2. The van der Waals surface area contributed by atoms with Crippen molar-refractivity contribution < 1.29 is 27.8 Å². The fourth-order valence-electron chi connectivity index (χ4n) is 1.07. The van der Waals surface area contributed by atoms with Crippen molar-refractivity contribution in [3.05, 3.63) is 6.07 Å². The van der Waals surface area contributed by atoms with Crippen molar-refractivity contribution in [1.82, 2.24) is 9.97 Å². The van der Waals surface area contributed by atoms with Crippen molar-refractivity contribution in [3.63, 3.8) is 0 Å². The summed E-state index contributed by atoms with van der Waals surface area (Å²) in [5, 5.41) is 8.44. The van der Waals surface area contributed by atoms with E-state index in [1.165, 1.54) is 20.3 Å². The van der Waals surface area contributed by atoms with Gasteiger partial charge in [-0.2, -0.15) is 9.97 Å². The van der Waals surface area contributed by atoms with Gasteiger partial charge in [0, 0.05) is 0 Å². The zero-order valence-electron chi connectivity index (χ0n) is 10.3. The molecule has 1 heterocycles. The van der Waals surface area contributed by atoms with E-state index >= 15 is 0 Å². The second kappa shape index (κ2) is 6.18. The van der Waals surface area contributed by atoms with Crippen LogP contribution < -0.4 is 14.2 Å². The first-order valence-electron chi connectivity index (χ1n) is 5.05. The molecule has 0 atom stereocenters. The Balaban J connectivity index is 2.89. The monoisotopic (exact) mass is 291 g/mol. The number of hydrogen-bond donors (Lipinski definition) is 2. The molecular weight excluding hydrogens is 278 g/mol. The smallest absolute Gasteiger partial charge is 0.304 e. The van der Waals surface area contributed by atoms with Crippen LogP contribution >= 0.6 is 0 Å². The second-order valence-electron chi connectivity index (χ2n) is 3.34. The first-order valence-corrected chi connectivity index (χ1v) is 6.71. The molecule has 0 spiro atoms. The summed E-state index contributed by atoms with van der Waals surface area (Å²) in [6.45, 7) is 0. The minimum Gasteiger partial charge on any atom is -0.481 e. The Bertz CT molecular complexity index is 537. The summed E-state index contributed by atoms with van der Waals surface area (Å²) >= 11 is 0. The second-order valence-corrected chi connectivity index (χ2v) is 5.18. The van der Waals surface area contributed by atoms with E-state index in [1.807, 2.05) is 4.72 Å². The fraction of sp³-hybridized carbons (Fsp3) is 0.444. The lowest BCUT2D eigenvalue weighted by Crippen LogP contribution is -2.20. The molecule has 0 aromatic carbocycles. The molecule has 2 N–H and O–H groups in total. The predicted octanol–water partition coefficient (Wildman–Crippen LogP) is -0.290. The number of anilines is 1. The van der Waals surface area contributed by atoms with E-state index < -0.39 is 28.2 Å². The van der Waals surface area contributed by atoms with Gasteiger partial charge in [0.15, 0.2) is 0 Å². The number of carboxylic acid groups (broad SMARTS) is 1. The standard InChI is InChI=1S/C9H13N3O6S/c1-17-6-5-7(18-2)11-9(10-6)12-19(15,16)4-3-8(13)14/h5H,3-4H2,1-2H3,(H,13,14)(H,10,11,12). The van der Waals surface area contributed by atoms with Crippen molar-refractivity contribution >= 4 is 21.9 Å². The zero-order valence-corrected chi connectivity index (χ0v) is 11.1. The van der Waals surface area contributed by atoms with Crippen LogP contribution in [0.1, 0.15) is 6.42 Å². The average molecular weight is 291 g/mol. The highest BCUT2D eigenvalue weighted by atomic mass is 32.2. The van der Waals surface area contributed by atoms with E-state index in [1.54, 1.807) is 0 Å². The molecule has 10 heteroatoms. The van der Waals surface area contributed by atoms with E-state index in [-0.39, 0.29) is 17.7 Å². The molecule has 0 saturated heterocycles. The molecule has 0 fully saturated rings. The largest absolute Gasteiger partial charge is 0.481 e. The molecule has 0 aliphatic rings. The molecule has 0 saturated carbocycles. The molecule has 106 valence electrons. The van der Waals surface area contributed by atoms with Crippen LogP contribution in [0.15, 0.2) is 6.07 Å². The maximum atomic E-state index is 11.6. The third kappa shape index (κ3) is 4.95. The number of rotatable bonds is 7.